The summed E-state index contributed by atoms with van der Waals surface area (Å²) in [4.78, 5) is 3.98. The fourth-order valence-electron chi connectivity index (χ4n) is 1.34. The maximum Gasteiger partial charge on any atom is 0.161 e. The van der Waals surface area contributed by atoms with Crippen molar-refractivity contribution in [2.45, 2.75) is 12.7 Å². The molecule has 0 saturated carbocycles. The van der Waals surface area contributed by atoms with Crippen LogP contribution in [0.25, 0.3) is 6.08 Å². The second-order valence-corrected chi connectivity index (χ2v) is 3.61. The van der Waals surface area contributed by atoms with Crippen LogP contribution in [0.2, 0.25) is 5.15 Å². The van der Waals surface area contributed by atoms with Gasteiger partial charge in [0, 0.05) is 12.6 Å². The van der Waals surface area contributed by atoms with Crippen LogP contribution in [0.15, 0.2) is 24.4 Å². The Morgan fingerprint density at radius 1 is 1.40 bits per heavy atom. The number of hydrogen-bond donors (Lipinski definition) is 0. The van der Waals surface area contributed by atoms with Crippen LogP contribution in [0.5, 0.6) is 0 Å². The minimum atomic E-state index is -0.0819. The summed E-state index contributed by atoms with van der Waals surface area (Å²) in [7, 11) is 0. The lowest BCUT2D eigenvalue weighted by molar-refractivity contribution is -0.0379. The Morgan fingerprint density at radius 2 is 2.20 bits per heavy atom. The van der Waals surface area contributed by atoms with Crippen molar-refractivity contribution in [3.05, 3.63) is 35.1 Å². The Morgan fingerprint density at radius 3 is 2.87 bits per heavy atom. The van der Waals surface area contributed by atoms with E-state index in [0.29, 0.717) is 18.4 Å². The van der Waals surface area contributed by atoms with Crippen LogP contribution < -0.4 is 0 Å². The van der Waals surface area contributed by atoms with E-state index in [0.717, 1.165) is 12.0 Å². The van der Waals surface area contributed by atoms with E-state index in [1.807, 2.05) is 18.2 Å². The normalized spacial score (nSPS) is 17.7. The third-order valence-electron chi connectivity index (χ3n) is 2.08. The molecule has 1 saturated heterocycles. The van der Waals surface area contributed by atoms with Crippen molar-refractivity contribution in [3.63, 3.8) is 0 Å². The van der Waals surface area contributed by atoms with E-state index >= 15 is 0 Å². The molecule has 0 spiro atoms. The highest BCUT2D eigenvalue weighted by Crippen LogP contribution is 2.11. The highest BCUT2D eigenvalue weighted by molar-refractivity contribution is 6.29. The molecule has 0 radical (unpaired) electrons. The van der Waals surface area contributed by atoms with E-state index in [1.165, 1.54) is 0 Å². The molecule has 0 atom stereocenters. The quantitative estimate of drug-likeness (QED) is 0.741. The molecule has 0 amide bonds. The highest BCUT2D eigenvalue weighted by atomic mass is 35.5. The van der Waals surface area contributed by atoms with Gasteiger partial charge in [-0.15, -0.1) is 0 Å². The van der Waals surface area contributed by atoms with Gasteiger partial charge in [0.05, 0.1) is 13.2 Å². The summed E-state index contributed by atoms with van der Waals surface area (Å²) in [5.41, 5.74) is 1.03. The first-order valence-corrected chi connectivity index (χ1v) is 5.24. The fraction of sp³-hybridized carbons (Fsp3) is 0.364. The molecule has 1 fully saturated rings. The van der Waals surface area contributed by atoms with Crippen LogP contribution >= 0.6 is 11.6 Å². The summed E-state index contributed by atoms with van der Waals surface area (Å²) in [6.45, 7) is 1.39. The topological polar surface area (TPSA) is 31.4 Å². The lowest BCUT2D eigenvalue weighted by atomic mass is 10.2. The van der Waals surface area contributed by atoms with Gasteiger partial charge in [0.1, 0.15) is 5.15 Å². The average molecular weight is 226 g/mol. The van der Waals surface area contributed by atoms with Crippen LogP contribution in [0.3, 0.4) is 0 Å². The first-order chi connectivity index (χ1) is 7.34. The third-order valence-corrected chi connectivity index (χ3v) is 2.30. The van der Waals surface area contributed by atoms with Crippen molar-refractivity contribution in [3.8, 4) is 0 Å². The van der Waals surface area contributed by atoms with Gasteiger partial charge in [-0.25, -0.2) is 4.98 Å². The second-order valence-electron chi connectivity index (χ2n) is 3.22. The summed E-state index contributed by atoms with van der Waals surface area (Å²) < 4.78 is 10.6. The summed E-state index contributed by atoms with van der Waals surface area (Å²) in [5.74, 6) is 0. The third kappa shape index (κ3) is 3.30. The van der Waals surface area contributed by atoms with Gasteiger partial charge in [-0.3, -0.25) is 0 Å². The predicted octanol–water partition coefficient (Wildman–Crippen LogP) is 2.51. The largest absolute Gasteiger partial charge is 0.350 e. The number of ether oxygens (including phenoxy) is 2. The molecule has 2 heterocycles. The molecule has 0 aromatic carbocycles. The van der Waals surface area contributed by atoms with Crippen LogP contribution in [0.4, 0.5) is 0 Å². The fourth-order valence-corrected chi connectivity index (χ4v) is 1.46. The number of halogens is 1. The van der Waals surface area contributed by atoms with E-state index in [1.54, 1.807) is 12.3 Å². The number of rotatable bonds is 3. The van der Waals surface area contributed by atoms with Gasteiger partial charge in [-0.1, -0.05) is 29.8 Å². The Hall–Kier alpha value is -0.900. The molecule has 0 bridgehead atoms. The molecule has 0 N–H and O–H groups in total. The van der Waals surface area contributed by atoms with Crippen LogP contribution in [0.1, 0.15) is 12.0 Å². The van der Waals surface area contributed by atoms with Crippen LogP contribution in [-0.2, 0) is 9.47 Å². The zero-order valence-corrected chi connectivity index (χ0v) is 8.98. The standard InChI is InChI=1S/C11H12ClNO2/c12-10-5-4-9(8-13-10)2-1-3-11-14-6-7-15-11/h1-2,4-5,8,11H,3,6-7H2. The molecule has 80 valence electrons. The van der Waals surface area contributed by atoms with Crippen molar-refractivity contribution in [2.24, 2.45) is 0 Å². The van der Waals surface area contributed by atoms with Gasteiger partial charge in [-0.2, -0.15) is 0 Å². The molecule has 2 rings (SSSR count). The van der Waals surface area contributed by atoms with Gasteiger partial charge < -0.3 is 9.47 Å². The Kier molecular flexibility index (Phi) is 3.72. The van der Waals surface area contributed by atoms with E-state index in [9.17, 15) is 0 Å². The van der Waals surface area contributed by atoms with Gasteiger partial charge in [0.2, 0.25) is 0 Å². The van der Waals surface area contributed by atoms with Gasteiger partial charge in [0.25, 0.3) is 0 Å². The molecule has 0 aliphatic carbocycles. The maximum atomic E-state index is 5.67. The van der Waals surface area contributed by atoms with Crippen molar-refractivity contribution in [1.82, 2.24) is 4.98 Å². The molecule has 15 heavy (non-hydrogen) atoms. The van der Waals surface area contributed by atoms with E-state index < -0.39 is 0 Å². The van der Waals surface area contributed by atoms with Crippen molar-refractivity contribution in [2.75, 3.05) is 13.2 Å². The zero-order chi connectivity index (χ0) is 10.5. The molecule has 3 nitrogen and oxygen atoms in total. The summed E-state index contributed by atoms with van der Waals surface area (Å²) in [6.07, 6.45) is 6.41. The van der Waals surface area contributed by atoms with Crippen molar-refractivity contribution in [1.29, 1.82) is 0 Å². The van der Waals surface area contributed by atoms with Crippen molar-refractivity contribution < 1.29 is 9.47 Å². The Balaban J connectivity index is 1.85. The minimum Gasteiger partial charge on any atom is -0.350 e. The van der Waals surface area contributed by atoms with Crippen LogP contribution in [0, 0.1) is 0 Å². The van der Waals surface area contributed by atoms with Gasteiger partial charge >= 0.3 is 0 Å². The lowest BCUT2D eigenvalue weighted by Crippen LogP contribution is -2.04. The van der Waals surface area contributed by atoms with E-state index in [-0.39, 0.29) is 6.29 Å². The summed E-state index contributed by atoms with van der Waals surface area (Å²) in [6, 6.07) is 3.69. The Labute approximate surface area is 93.7 Å². The average Bonchev–Trinajstić information content (AvgIpc) is 2.74. The molecular weight excluding hydrogens is 214 g/mol. The van der Waals surface area contributed by atoms with Crippen molar-refractivity contribution >= 4 is 17.7 Å². The second kappa shape index (κ2) is 5.26. The molecule has 1 aromatic rings. The van der Waals surface area contributed by atoms with E-state index in [4.69, 9.17) is 21.1 Å². The number of pyridine rings is 1. The van der Waals surface area contributed by atoms with Gasteiger partial charge in [-0.05, 0) is 11.6 Å². The predicted molar refractivity (Wildman–Crippen MR) is 58.6 cm³/mol. The van der Waals surface area contributed by atoms with Crippen LogP contribution in [-0.4, -0.2) is 24.5 Å². The molecule has 1 aliphatic rings. The maximum absolute atomic E-state index is 5.67. The Bertz CT molecular complexity index is 331. The number of hydrogen-bond acceptors (Lipinski definition) is 3. The monoisotopic (exact) mass is 225 g/mol. The van der Waals surface area contributed by atoms with Gasteiger partial charge in [0.15, 0.2) is 6.29 Å². The highest BCUT2D eigenvalue weighted by Gasteiger charge is 2.13. The van der Waals surface area contributed by atoms with E-state index in [2.05, 4.69) is 4.98 Å². The molecular formula is C11H12ClNO2. The SMILES string of the molecule is Clc1ccc(C=CCC2OCCO2)cn1. The zero-order valence-electron chi connectivity index (χ0n) is 8.23. The number of nitrogens with zero attached hydrogens (tertiary/aromatic N) is 1. The molecule has 1 aliphatic heterocycles. The molecule has 4 heteroatoms. The lowest BCUT2D eigenvalue weighted by Gasteiger charge is -2.03. The summed E-state index contributed by atoms with van der Waals surface area (Å²) in [5, 5.41) is 0.509. The first kappa shape index (κ1) is 10.6. The molecule has 1 aromatic heterocycles. The smallest absolute Gasteiger partial charge is 0.161 e. The first-order valence-electron chi connectivity index (χ1n) is 4.86. The summed E-state index contributed by atoms with van der Waals surface area (Å²) >= 11 is 5.67. The number of aromatic nitrogens is 1. The minimum absolute atomic E-state index is 0.0819. The molecule has 0 unspecified atom stereocenters.